The molecule has 0 radical (unpaired) electrons. The van der Waals surface area contributed by atoms with Crippen molar-refractivity contribution in [3.05, 3.63) is 113 Å². The fraction of sp³-hybridized carbons (Fsp3) is 0.467. The van der Waals surface area contributed by atoms with Gasteiger partial charge in [0, 0.05) is 25.2 Å². The molecule has 61 heavy (non-hydrogen) atoms. The Hall–Kier alpha value is -4.81. The average molecular weight is 862 g/mol. The number of hydrogen-bond donors (Lipinski definition) is 5. The second kappa shape index (κ2) is 15.8. The predicted molar refractivity (Wildman–Crippen MR) is 216 cm³/mol. The van der Waals surface area contributed by atoms with E-state index < -0.39 is 111 Å². The molecule has 3 aliphatic carbocycles. The highest BCUT2D eigenvalue weighted by Gasteiger charge is 2.78. The zero-order chi connectivity index (χ0) is 44.4. The Morgan fingerprint density at radius 2 is 1.51 bits per heavy atom. The van der Waals surface area contributed by atoms with Gasteiger partial charge < -0.3 is 39.4 Å². The topological polar surface area (TPSA) is 232 Å². The van der Waals surface area contributed by atoms with Crippen LogP contribution in [0.15, 0.2) is 101 Å². The maximum Gasteiger partial charge on any atom is 0.338 e. The van der Waals surface area contributed by atoms with Crippen LogP contribution in [0.1, 0.15) is 75.0 Å². The van der Waals surface area contributed by atoms with Gasteiger partial charge in [-0.15, -0.1) is 0 Å². The average Bonchev–Trinajstić information content (AvgIpc) is 3.21. The number of carbonyl (C=O) groups excluding carboxylic acids is 4. The normalized spacial score (nSPS) is 32.7. The summed E-state index contributed by atoms with van der Waals surface area (Å²) >= 11 is 0. The number of sulfonamides is 1. The summed E-state index contributed by atoms with van der Waals surface area (Å²) in [5, 5.41) is 49.3. The molecule has 16 heteroatoms. The molecule has 3 aromatic rings. The summed E-state index contributed by atoms with van der Waals surface area (Å²) < 4.78 is 53.9. The van der Waals surface area contributed by atoms with E-state index in [4.69, 9.17) is 18.9 Å². The minimum atomic E-state index is -4.34. The van der Waals surface area contributed by atoms with Crippen molar-refractivity contribution < 1.29 is 67.0 Å². The lowest BCUT2D eigenvalue weighted by molar-refractivity contribution is -0.346. The van der Waals surface area contributed by atoms with Crippen molar-refractivity contribution in [3.8, 4) is 0 Å². The SMILES string of the molecule is CC(=O)O[C@@]12CO[C@@H]1C[C@H](O)[C@@]1(C)C(=O)[C@H](O)C3=C(C)[C@@H](OC(=O)[C@@H](O)[C@H](NS(=O)(=O)c4ccc(C)cc4)c4ccccc4)C[C@@](O)([C@@H](OC(=O)c4ccccc4)[C@H]21)C3(C)C. The number of ether oxygens (including phenoxy) is 4. The molecule has 3 aromatic carbocycles. The fourth-order valence-corrected chi connectivity index (χ4v) is 11.3. The molecule has 1 heterocycles. The van der Waals surface area contributed by atoms with Crippen LogP contribution in [-0.2, 0) is 43.4 Å². The van der Waals surface area contributed by atoms with Crippen LogP contribution in [0.4, 0.5) is 0 Å². The third-order valence-corrected chi connectivity index (χ3v) is 15.0. The molecule has 4 aliphatic rings. The smallest absolute Gasteiger partial charge is 0.338 e. The molecule has 326 valence electrons. The lowest BCUT2D eigenvalue weighted by atomic mass is 9.44. The van der Waals surface area contributed by atoms with Crippen molar-refractivity contribution in [1.29, 1.82) is 0 Å². The zero-order valence-corrected chi connectivity index (χ0v) is 35.4. The molecule has 2 saturated carbocycles. The van der Waals surface area contributed by atoms with E-state index in [1.807, 2.05) is 0 Å². The highest BCUT2D eigenvalue weighted by atomic mass is 32.2. The van der Waals surface area contributed by atoms with Gasteiger partial charge in [0.2, 0.25) is 10.0 Å². The summed E-state index contributed by atoms with van der Waals surface area (Å²) in [6.07, 6.45) is -10.9. The molecule has 11 atom stereocenters. The summed E-state index contributed by atoms with van der Waals surface area (Å²) in [6.45, 7) is 8.52. The molecule has 3 fully saturated rings. The minimum absolute atomic E-state index is 0.0623. The van der Waals surface area contributed by atoms with Crippen molar-refractivity contribution in [3.63, 3.8) is 0 Å². The summed E-state index contributed by atoms with van der Waals surface area (Å²) in [6, 6.07) is 20.0. The minimum Gasteiger partial charge on any atom is -0.456 e. The molecule has 1 aliphatic heterocycles. The molecule has 5 N–H and O–H groups in total. The molecule has 0 amide bonds. The van der Waals surface area contributed by atoms with Gasteiger partial charge in [0.25, 0.3) is 0 Å². The third kappa shape index (κ3) is 7.21. The summed E-state index contributed by atoms with van der Waals surface area (Å²) in [5.41, 5.74) is -6.77. The molecule has 2 bridgehead atoms. The van der Waals surface area contributed by atoms with E-state index in [-0.39, 0.29) is 40.2 Å². The van der Waals surface area contributed by atoms with Gasteiger partial charge in [-0.1, -0.05) is 80.1 Å². The second-order valence-electron chi connectivity index (χ2n) is 17.4. The Bertz CT molecular complexity index is 2350. The number of fused-ring (bicyclic) bond motifs is 5. The predicted octanol–water partition coefficient (Wildman–Crippen LogP) is 3.02. The number of hydrogen-bond acceptors (Lipinski definition) is 14. The standard InChI is InChI=1S/C45H51NO14S/c1-24-17-19-29(20-18-24)61(55,56)46-34(27-13-9-7-10-14-27)36(50)41(53)58-30-22-45(54)39(59-40(52)28-15-11-8-12-16-28)37-43(6,38(51)35(49)33(25(30)2)42(45,4)5)31(48)21-32-44(37,23-57-32)60-26(3)47/h7-20,30-32,34-37,39,46,48-50,54H,21-23H2,1-6H3/t30-,31-,32+,34+,35+,36-,37-,39-,43+,44-,45+/m0/s1. The van der Waals surface area contributed by atoms with Crippen LogP contribution in [0.2, 0.25) is 0 Å². The van der Waals surface area contributed by atoms with Gasteiger partial charge in [0.05, 0.1) is 40.5 Å². The largest absolute Gasteiger partial charge is 0.456 e. The molecule has 0 aromatic heterocycles. The molecule has 15 nitrogen and oxygen atoms in total. The fourth-order valence-electron chi connectivity index (χ4n) is 10.0. The third-order valence-electron chi connectivity index (χ3n) is 13.5. The van der Waals surface area contributed by atoms with E-state index >= 15 is 0 Å². The molecule has 0 spiro atoms. The molecule has 7 rings (SSSR count). The summed E-state index contributed by atoms with van der Waals surface area (Å²) in [4.78, 5) is 56.1. The number of rotatable bonds is 10. The van der Waals surface area contributed by atoms with E-state index in [1.165, 1.54) is 64.1 Å². The molecule has 0 unspecified atom stereocenters. The van der Waals surface area contributed by atoms with Crippen molar-refractivity contribution in [1.82, 2.24) is 4.72 Å². The first kappa shape index (κ1) is 44.3. The summed E-state index contributed by atoms with van der Waals surface area (Å²) in [5.74, 6) is -5.54. The lowest BCUT2D eigenvalue weighted by Gasteiger charge is -2.67. The van der Waals surface area contributed by atoms with Crippen LogP contribution in [0.3, 0.4) is 0 Å². The van der Waals surface area contributed by atoms with Crippen LogP contribution < -0.4 is 4.72 Å². The van der Waals surface area contributed by atoms with Gasteiger partial charge in [0.1, 0.15) is 30.0 Å². The Labute approximate surface area is 353 Å². The monoisotopic (exact) mass is 861 g/mol. The second-order valence-corrected chi connectivity index (χ2v) is 19.1. The Kier molecular flexibility index (Phi) is 11.5. The van der Waals surface area contributed by atoms with Gasteiger partial charge >= 0.3 is 17.9 Å². The van der Waals surface area contributed by atoms with Crippen molar-refractivity contribution >= 4 is 33.7 Å². The van der Waals surface area contributed by atoms with Crippen LogP contribution >= 0.6 is 0 Å². The van der Waals surface area contributed by atoms with Crippen molar-refractivity contribution in [2.24, 2.45) is 16.7 Å². The number of benzene rings is 3. The number of ketones is 1. The first-order valence-corrected chi connectivity index (χ1v) is 21.5. The van der Waals surface area contributed by atoms with Gasteiger partial charge in [-0.25, -0.2) is 22.7 Å². The maximum absolute atomic E-state index is 15.0. The van der Waals surface area contributed by atoms with Crippen molar-refractivity contribution in [2.75, 3.05) is 6.61 Å². The van der Waals surface area contributed by atoms with Crippen LogP contribution in [0.5, 0.6) is 0 Å². The number of aliphatic hydroxyl groups excluding tert-OH is 3. The number of Topliss-reactive ketones (excluding diaryl/α,β-unsaturated/α-hetero) is 1. The first-order valence-electron chi connectivity index (χ1n) is 20.0. The highest BCUT2D eigenvalue weighted by molar-refractivity contribution is 7.89. The van der Waals surface area contributed by atoms with E-state index in [0.717, 1.165) is 12.5 Å². The van der Waals surface area contributed by atoms with Crippen LogP contribution in [0, 0.1) is 23.7 Å². The van der Waals surface area contributed by atoms with Crippen LogP contribution in [-0.4, -0.2) is 107 Å². The first-order chi connectivity index (χ1) is 28.6. The van der Waals surface area contributed by atoms with Gasteiger partial charge in [-0.05, 0) is 61.7 Å². The zero-order valence-electron chi connectivity index (χ0n) is 34.6. The number of esters is 3. The summed E-state index contributed by atoms with van der Waals surface area (Å²) in [7, 11) is -4.34. The van der Waals surface area contributed by atoms with Gasteiger partial charge in [-0.2, -0.15) is 0 Å². The van der Waals surface area contributed by atoms with Gasteiger partial charge in [-0.3, -0.25) is 9.59 Å². The Morgan fingerprint density at radius 1 is 0.902 bits per heavy atom. The lowest BCUT2D eigenvalue weighted by Crippen LogP contribution is -2.81. The van der Waals surface area contributed by atoms with E-state index in [1.54, 1.807) is 55.5 Å². The number of aliphatic hydroxyl groups is 4. The highest BCUT2D eigenvalue weighted by Crippen LogP contribution is 2.64. The number of aryl methyl sites for hydroxylation is 1. The quantitative estimate of drug-likeness (QED) is 0.112. The van der Waals surface area contributed by atoms with Crippen molar-refractivity contribution in [2.45, 2.75) is 113 Å². The molecular formula is C45H51NO14S. The Morgan fingerprint density at radius 3 is 2.08 bits per heavy atom. The number of carbonyl (C=O) groups is 4. The van der Waals surface area contributed by atoms with E-state index in [2.05, 4.69) is 4.72 Å². The maximum atomic E-state index is 15.0. The molecular weight excluding hydrogens is 811 g/mol. The molecule has 1 saturated heterocycles. The van der Waals surface area contributed by atoms with E-state index in [0.29, 0.717) is 0 Å². The Balaban J connectivity index is 1.34. The van der Waals surface area contributed by atoms with Gasteiger partial charge in [0.15, 0.2) is 17.5 Å². The van der Waals surface area contributed by atoms with E-state index in [9.17, 15) is 48.0 Å². The number of nitrogens with one attached hydrogen (secondary N) is 1. The van der Waals surface area contributed by atoms with Crippen LogP contribution in [0.25, 0.3) is 0 Å².